The molecule has 2 N–H and O–H groups in total. The monoisotopic (exact) mass is 193 g/mol. The summed E-state index contributed by atoms with van der Waals surface area (Å²) < 4.78 is 6.45. The molecule has 0 atom stereocenters. The summed E-state index contributed by atoms with van der Waals surface area (Å²) in [6.45, 7) is 2.03. The van der Waals surface area contributed by atoms with Crippen molar-refractivity contribution in [2.45, 2.75) is 6.92 Å². The van der Waals surface area contributed by atoms with Crippen LogP contribution >= 0.6 is 11.3 Å². The third-order valence-electron chi connectivity index (χ3n) is 2.19. The standard InChI is InChI=1S/C10H11NOS/c1-6-7-3-4-13-9(7)5-8(11)10(6)12-2/h3-5H,11H2,1-2H3. The van der Waals surface area contributed by atoms with Gasteiger partial charge in [0, 0.05) is 10.3 Å². The first-order chi connectivity index (χ1) is 6.24. The first-order valence-electron chi connectivity index (χ1n) is 4.04. The Hall–Kier alpha value is -1.22. The van der Waals surface area contributed by atoms with Crippen LogP contribution in [-0.4, -0.2) is 7.11 Å². The van der Waals surface area contributed by atoms with Crippen LogP contribution in [0.25, 0.3) is 10.1 Å². The van der Waals surface area contributed by atoms with Crippen molar-refractivity contribution >= 4 is 27.1 Å². The van der Waals surface area contributed by atoms with Crippen molar-refractivity contribution in [1.82, 2.24) is 0 Å². The van der Waals surface area contributed by atoms with Gasteiger partial charge in [-0.15, -0.1) is 11.3 Å². The molecule has 0 aliphatic carbocycles. The van der Waals surface area contributed by atoms with E-state index in [-0.39, 0.29) is 0 Å². The molecule has 13 heavy (non-hydrogen) atoms. The first kappa shape index (κ1) is 8.38. The van der Waals surface area contributed by atoms with Crippen LogP contribution in [0.3, 0.4) is 0 Å². The summed E-state index contributed by atoms with van der Waals surface area (Å²) in [6.07, 6.45) is 0. The van der Waals surface area contributed by atoms with Gasteiger partial charge in [0.15, 0.2) is 0 Å². The van der Waals surface area contributed by atoms with Gasteiger partial charge >= 0.3 is 0 Å². The van der Waals surface area contributed by atoms with Crippen molar-refractivity contribution < 1.29 is 4.74 Å². The van der Waals surface area contributed by atoms with E-state index in [0.29, 0.717) is 0 Å². The lowest BCUT2D eigenvalue weighted by molar-refractivity contribution is 0.414. The van der Waals surface area contributed by atoms with E-state index in [0.717, 1.165) is 17.0 Å². The van der Waals surface area contributed by atoms with Crippen molar-refractivity contribution in [3.05, 3.63) is 23.1 Å². The number of aryl methyl sites for hydroxylation is 1. The highest BCUT2D eigenvalue weighted by Crippen LogP contribution is 2.35. The molecule has 0 saturated heterocycles. The van der Waals surface area contributed by atoms with E-state index in [1.54, 1.807) is 18.4 Å². The average Bonchev–Trinajstić information content (AvgIpc) is 2.53. The number of anilines is 1. The van der Waals surface area contributed by atoms with E-state index in [2.05, 4.69) is 11.4 Å². The van der Waals surface area contributed by atoms with Gasteiger partial charge in [0.05, 0.1) is 12.8 Å². The number of ether oxygens (including phenoxy) is 1. The minimum absolute atomic E-state index is 0.718. The van der Waals surface area contributed by atoms with Gasteiger partial charge in [-0.1, -0.05) is 0 Å². The molecule has 0 bridgehead atoms. The number of nitrogen functional groups attached to an aromatic ring is 1. The second kappa shape index (κ2) is 2.92. The highest BCUT2D eigenvalue weighted by atomic mass is 32.1. The Balaban J connectivity index is 2.85. The molecule has 0 amide bonds. The smallest absolute Gasteiger partial charge is 0.145 e. The van der Waals surface area contributed by atoms with E-state index in [1.807, 2.05) is 13.0 Å². The van der Waals surface area contributed by atoms with Crippen LogP contribution in [0, 0.1) is 6.92 Å². The maximum absolute atomic E-state index is 5.84. The lowest BCUT2D eigenvalue weighted by atomic mass is 10.1. The molecule has 2 rings (SSSR count). The number of benzene rings is 1. The Kier molecular flexibility index (Phi) is 1.88. The highest BCUT2D eigenvalue weighted by Gasteiger charge is 2.08. The zero-order valence-electron chi connectivity index (χ0n) is 7.63. The maximum atomic E-state index is 5.84. The second-order valence-corrected chi connectivity index (χ2v) is 3.90. The summed E-state index contributed by atoms with van der Waals surface area (Å²) >= 11 is 1.70. The average molecular weight is 193 g/mol. The number of nitrogens with two attached hydrogens (primary N) is 1. The minimum Gasteiger partial charge on any atom is -0.494 e. The molecular weight excluding hydrogens is 182 g/mol. The molecule has 1 aromatic heterocycles. The number of methoxy groups -OCH3 is 1. The molecule has 0 aliphatic heterocycles. The number of thiophene rings is 1. The lowest BCUT2D eigenvalue weighted by Crippen LogP contribution is -1.94. The predicted octanol–water partition coefficient (Wildman–Crippen LogP) is 2.80. The lowest BCUT2D eigenvalue weighted by Gasteiger charge is -2.08. The van der Waals surface area contributed by atoms with Gasteiger partial charge in [0.2, 0.25) is 0 Å². The molecule has 0 aliphatic rings. The van der Waals surface area contributed by atoms with Crippen molar-refractivity contribution in [2.24, 2.45) is 0 Å². The molecule has 0 unspecified atom stereocenters. The number of hydrogen-bond acceptors (Lipinski definition) is 3. The van der Waals surface area contributed by atoms with Gasteiger partial charge in [-0.2, -0.15) is 0 Å². The topological polar surface area (TPSA) is 35.2 Å². The molecule has 2 aromatic rings. The zero-order chi connectivity index (χ0) is 9.42. The van der Waals surface area contributed by atoms with Crippen molar-refractivity contribution in [2.75, 3.05) is 12.8 Å². The van der Waals surface area contributed by atoms with Gasteiger partial charge in [0.1, 0.15) is 5.75 Å². The van der Waals surface area contributed by atoms with E-state index >= 15 is 0 Å². The van der Waals surface area contributed by atoms with Gasteiger partial charge in [0.25, 0.3) is 0 Å². The molecule has 0 spiro atoms. The Morgan fingerprint density at radius 3 is 2.92 bits per heavy atom. The van der Waals surface area contributed by atoms with Gasteiger partial charge in [-0.3, -0.25) is 0 Å². The van der Waals surface area contributed by atoms with Crippen LogP contribution in [0.4, 0.5) is 5.69 Å². The number of hydrogen-bond donors (Lipinski definition) is 1. The molecule has 0 fully saturated rings. The summed E-state index contributed by atoms with van der Waals surface area (Å²) in [7, 11) is 1.65. The number of rotatable bonds is 1. The third kappa shape index (κ3) is 1.16. The largest absolute Gasteiger partial charge is 0.494 e. The normalized spacial score (nSPS) is 10.6. The van der Waals surface area contributed by atoms with Crippen molar-refractivity contribution in [1.29, 1.82) is 0 Å². The summed E-state index contributed by atoms with van der Waals surface area (Å²) in [5.74, 6) is 0.797. The number of fused-ring (bicyclic) bond motifs is 1. The van der Waals surface area contributed by atoms with Crippen molar-refractivity contribution in [3.8, 4) is 5.75 Å². The molecule has 68 valence electrons. The molecule has 2 nitrogen and oxygen atoms in total. The van der Waals surface area contributed by atoms with Gasteiger partial charge in [-0.25, -0.2) is 0 Å². The Morgan fingerprint density at radius 1 is 1.46 bits per heavy atom. The van der Waals surface area contributed by atoms with E-state index < -0.39 is 0 Å². The molecule has 0 radical (unpaired) electrons. The molecule has 1 aromatic carbocycles. The van der Waals surface area contributed by atoms with Gasteiger partial charge < -0.3 is 10.5 Å². The fourth-order valence-electron chi connectivity index (χ4n) is 1.56. The summed E-state index contributed by atoms with van der Waals surface area (Å²) in [5.41, 5.74) is 7.68. The summed E-state index contributed by atoms with van der Waals surface area (Å²) in [6, 6.07) is 4.06. The summed E-state index contributed by atoms with van der Waals surface area (Å²) in [5, 5.41) is 3.30. The minimum atomic E-state index is 0.718. The van der Waals surface area contributed by atoms with Crippen LogP contribution in [0.2, 0.25) is 0 Å². The van der Waals surface area contributed by atoms with Crippen LogP contribution < -0.4 is 10.5 Å². The van der Waals surface area contributed by atoms with Crippen LogP contribution in [0.1, 0.15) is 5.56 Å². The quantitative estimate of drug-likeness (QED) is 0.707. The predicted molar refractivity (Wildman–Crippen MR) is 57.5 cm³/mol. The van der Waals surface area contributed by atoms with Gasteiger partial charge in [-0.05, 0) is 29.8 Å². The highest BCUT2D eigenvalue weighted by molar-refractivity contribution is 7.17. The Labute approximate surface area is 80.9 Å². The van der Waals surface area contributed by atoms with Crippen molar-refractivity contribution in [3.63, 3.8) is 0 Å². The van der Waals surface area contributed by atoms with E-state index in [4.69, 9.17) is 10.5 Å². The molecule has 3 heteroatoms. The fourth-order valence-corrected chi connectivity index (χ4v) is 2.45. The maximum Gasteiger partial charge on any atom is 0.145 e. The van der Waals surface area contributed by atoms with Crippen LogP contribution in [0.5, 0.6) is 5.75 Å². The Morgan fingerprint density at radius 2 is 2.23 bits per heavy atom. The molecule has 1 heterocycles. The van der Waals surface area contributed by atoms with Crippen LogP contribution in [-0.2, 0) is 0 Å². The van der Waals surface area contributed by atoms with Crippen LogP contribution in [0.15, 0.2) is 17.5 Å². The van der Waals surface area contributed by atoms with E-state index in [9.17, 15) is 0 Å². The van der Waals surface area contributed by atoms with E-state index in [1.165, 1.54) is 10.1 Å². The fraction of sp³-hybridized carbons (Fsp3) is 0.200. The summed E-state index contributed by atoms with van der Waals surface area (Å²) in [4.78, 5) is 0. The molecular formula is C10H11NOS. The SMILES string of the molecule is COc1c(N)cc2sccc2c1C. The zero-order valence-corrected chi connectivity index (χ0v) is 8.44. The Bertz CT molecular complexity index is 447. The first-order valence-corrected chi connectivity index (χ1v) is 4.92. The molecule has 0 saturated carbocycles. The third-order valence-corrected chi connectivity index (χ3v) is 3.06. The second-order valence-electron chi connectivity index (χ2n) is 2.96.